The van der Waals surface area contributed by atoms with Crippen LogP contribution in [0.1, 0.15) is 11.3 Å². The van der Waals surface area contributed by atoms with Gasteiger partial charge in [0, 0.05) is 24.7 Å². The molecule has 2 aromatic rings. The lowest BCUT2D eigenvalue weighted by molar-refractivity contribution is -0.141. The summed E-state index contributed by atoms with van der Waals surface area (Å²) < 4.78 is 38.1. The Bertz CT molecular complexity index is 647. The van der Waals surface area contributed by atoms with E-state index in [4.69, 9.17) is 23.2 Å². The van der Waals surface area contributed by atoms with Crippen LogP contribution in [0.15, 0.2) is 30.3 Å². The summed E-state index contributed by atoms with van der Waals surface area (Å²) in [6.07, 6.45) is -4.57. The van der Waals surface area contributed by atoms with Crippen molar-refractivity contribution in [1.29, 1.82) is 0 Å². The monoisotopic (exact) mass is 335 g/mol. The van der Waals surface area contributed by atoms with E-state index in [1.807, 2.05) is 6.07 Å². The molecule has 0 saturated carbocycles. The molecule has 2 rings (SSSR count). The average molecular weight is 336 g/mol. The lowest BCUT2D eigenvalue weighted by atomic mass is 10.2. The largest absolute Gasteiger partial charge is 0.433 e. The molecule has 0 bridgehead atoms. The summed E-state index contributed by atoms with van der Waals surface area (Å²) >= 11 is 11.4. The normalized spacial score (nSPS) is 11.5. The number of halogens is 5. The first-order valence-electron chi connectivity index (χ1n) is 5.83. The number of rotatable bonds is 3. The first-order valence-corrected chi connectivity index (χ1v) is 6.58. The molecule has 0 aliphatic rings. The van der Waals surface area contributed by atoms with E-state index in [1.165, 1.54) is 4.90 Å². The van der Waals surface area contributed by atoms with E-state index in [9.17, 15) is 13.2 Å². The van der Waals surface area contributed by atoms with Gasteiger partial charge in [0.25, 0.3) is 0 Å². The molecule has 0 spiro atoms. The highest BCUT2D eigenvalue weighted by atomic mass is 35.5. The average Bonchev–Trinajstić information content (AvgIpc) is 2.37. The SMILES string of the molecule is CN(Cc1cccc(Cl)c1)c1cc(C(F)(F)F)nc(Cl)n1. The van der Waals surface area contributed by atoms with Crippen LogP contribution in [-0.2, 0) is 12.7 Å². The molecular formula is C13H10Cl2F3N3. The topological polar surface area (TPSA) is 29.0 Å². The van der Waals surface area contributed by atoms with Crippen molar-refractivity contribution in [1.82, 2.24) is 9.97 Å². The molecule has 0 unspecified atom stereocenters. The third kappa shape index (κ3) is 4.22. The summed E-state index contributed by atoms with van der Waals surface area (Å²) in [7, 11) is 1.61. The number of benzene rings is 1. The van der Waals surface area contributed by atoms with Gasteiger partial charge in [0.05, 0.1) is 0 Å². The van der Waals surface area contributed by atoms with E-state index in [2.05, 4.69) is 9.97 Å². The maximum Gasteiger partial charge on any atom is 0.433 e. The van der Waals surface area contributed by atoms with Crippen LogP contribution in [0.4, 0.5) is 19.0 Å². The van der Waals surface area contributed by atoms with E-state index >= 15 is 0 Å². The van der Waals surface area contributed by atoms with Gasteiger partial charge in [-0.25, -0.2) is 9.97 Å². The van der Waals surface area contributed by atoms with Gasteiger partial charge < -0.3 is 4.90 Å². The Hall–Kier alpha value is -1.53. The fraction of sp³-hybridized carbons (Fsp3) is 0.231. The Balaban J connectivity index is 2.27. The zero-order chi connectivity index (χ0) is 15.6. The predicted octanol–water partition coefficient (Wildman–Crippen LogP) is 4.44. The van der Waals surface area contributed by atoms with Crippen molar-refractivity contribution in [3.05, 3.63) is 51.9 Å². The van der Waals surface area contributed by atoms with Gasteiger partial charge in [-0.15, -0.1) is 0 Å². The minimum atomic E-state index is -4.57. The Kier molecular flexibility index (Phi) is 4.58. The Morgan fingerprint density at radius 2 is 1.86 bits per heavy atom. The molecule has 1 aromatic heterocycles. The number of aromatic nitrogens is 2. The number of hydrogen-bond acceptors (Lipinski definition) is 3. The molecule has 0 fully saturated rings. The van der Waals surface area contributed by atoms with E-state index in [1.54, 1.807) is 25.2 Å². The molecule has 0 amide bonds. The molecule has 0 aliphatic heterocycles. The first-order chi connectivity index (χ1) is 9.75. The summed E-state index contributed by atoms with van der Waals surface area (Å²) in [5.41, 5.74) is -0.233. The zero-order valence-electron chi connectivity index (χ0n) is 10.8. The summed E-state index contributed by atoms with van der Waals surface area (Å²) in [4.78, 5) is 8.54. The second-order valence-electron chi connectivity index (χ2n) is 4.36. The number of nitrogens with zero attached hydrogens (tertiary/aromatic N) is 3. The standard InChI is InChI=1S/C13H10Cl2F3N3/c1-21(7-8-3-2-4-9(14)5-8)11-6-10(13(16,17)18)19-12(15)20-11/h2-6H,7H2,1H3. The molecule has 112 valence electrons. The molecule has 0 atom stereocenters. The third-order valence-electron chi connectivity index (χ3n) is 2.68. The maximum absolute atomic E-state index is 12.7. The molecule has 1 aromatic carbocycles. The molecule has 0 radical (unpaired) electrons. The van der Waals surface area contributed by atoms with E-state index in [-0.39, 0.29) is 5.82 Å². The van der Waals surface area contributed by atoms with Crippen LogP contribution < -0.4 is 4.90 Å². The van der Waals surface area contributed by atoms with Gasteiger partial charge in [0.15, 0.2) is 5.69 Å². The van der Waals surface area contributed by atoms with Crippen LogP contribution in [0.25, 0.3) is 0 Å². The van der Waals surface area contributed by atoms with Crippen molar-refractivity contribution in [2.24, 2.45) is 0 Å². The molecule has 3 nitrogen and oxygen atoms in total. The third-order valence-corrected chi connectivity index (χ3v) is 3.08. The minimum Gasteiger partial charge on any atom is -0.355 e. The number of hydrogen-bond donors (Lipinski definition) is 0. The molecule has 1 heterocycles. The maximum atomic E-state index is 12.7. The van der Waals surface area contributed by atoms with Crippen LogP contribution in [0.3, 0.4) is 0 Å². The first kappa shape index (κ1) is 15.9. The van der Waals surface area contributed by atoms with Gasteiger partial charge >= 0.3 is 6.18 Å². The Morgan fingerprint density at radius 3 is 2.48 bits per heavy atom. The van der Waals surface area contributed by atoms with E-state index in [0.29, 0.717) is 11.6 Å². The predicted molar refractivity (Wildman–Crippen MR) is 75.6 cm³/mol. The smallest absolute Gasteiger partial charge is 0.355 e. The summed E-state index contributed by atoms with van der Waals surface area (Å²) in [6.45, 7) is 0.338. The van der Waals surface area contributed by atoms with Crippen molar-refractivity contribution in [3.8, 4) is 0 Å². The highest BCUT2D eigenvalue weighted by Gasteiger charge is 2.33. The second-order valence-corrected chi connectivity index (χ2v) is 5.14. The fourth-order valence-corrected chi connectivity index (χ4v) is 2.13. The van der Waals surface area contributed by atoms with Crippen LogP contribution >= 0.6 is 23.2 Å². The van der Waals surface area contributed by atoms with Crippen molar-refractivity contribution in [2.45, 2.75) is 12.7 Å². The molecule has 8 heteroatoms. The summed E-state index contributed by atoms with van der Waals surface area (Å²) in [5, 5.41) is 0.107. The van der Waals surface area contributed by atoms with Crippen molar-refractivity contribution in [3.63, 3.8) is 0 Å². The molecule has 0 N–H and O–H groups in total. The van der Waals surface area contributed by atoms with Crippen LogP contribution in [0, 0.1) is 0 Å². The second kappa shape index (κ2) is 6.07. The minimum absolute atomic E-state index is 0.0855. The lowest BCUT2D eigenvalue weighted by Crippen LogP contribution is -2.19. The highest BCUT2D eigenvalue weighted by Crippen LogP contribution is 2.30. The van der Waals surface area contributed by atoms with Gasteiger partial charge in [0.1, 0.15) is 5.82 Å². The Labute approximate surface area is 129 Å². The van der Waals surface area contributed by atoms with E-state index in [0.717, 1.165) is 11.6 Å². The lowest BCUT2D eigenvalue weighted by Gasteiger charge is -2.19. The van der Waals surface area contributed by atoms with Gasteiger partial charge in [-0.1, -0.05) is 23.7 Å². The fourth-order valence-electron chi connectivity index (χ4n) is 1.74. The van der Waals surface area contributed by atoms with Gasteiger partial charge in [-0.3, -0.25) is 0 Å². The number of alkyl halides is 3. The van der Waals surface area contributed by atoms with Crippen molar-refractivity contribution >= 4 is 29.0 Å². The van der Waals surface area contributed by atoms with Gasteiger partial charge in [0.2, 0.25) is 5.28 Å². The summed E-state index contributed by atoms with van der Waals surface area (Å²) in [6, 6.07) is 7.88. The van der Waals surface area contributed by atoms with Crippen molar-refractivity contribution < 1.29 is 13.2 Å². The van der Waals surface area contributed by atoms with Crippen molar-refractivity contribution in [2.75, 3.05) is 11.9 Å². The van der Waals surface area contributed by atoms with E-state index < -0.39 is 17.2 Å². The zero-order valence-corrected chi connectivity index (χ0v) is 12.3. The molecular weight excluding hydrogens is 326 g/mol. The van der Waals surface area contributed by atoms with Gasteiger partial charge in [-0.2, -0.15) is 13.2 Å². The summed E-state index contributed by atoms with van der Waals surface area (Å²) in [5.74, 6) is 0.0855. The molecule has 0 saturated heterocycles. The van der Waals surface area contributed by atoms with Crippen LogP contribution in [0.5, 0.6) is 0 Å². The number of anilines is 1. The Morgan fingerprint density at radius 1 is 1.14 bits per heavy atom. The highest BCUT2D eigenvalue weighted by molar-refractivity contribution is 6.30. The van der Waals surface area contributed by atoms with Gasteiger partial charge in [-0.05, 0) is 29.3 Å². The quantitative estimate of drug-likeness (QED) is 0.776. The van der Waals surface area contributed by atoms with Crippen LogP contribution in [0.2, 0.25) is 10.3 Å². The van der Waals surface area contributed by atoms with Crippen LogP contribution in [-0.4, -0.2) is 17.0 Å². The molecule has 21 heavy (non-hydrogen) atoms. The molecule has 0 aliphatic carbocycles.